The van der Waals surface area contributed by atoms with Crippen LogP contribution in [0.1, 0.15) is 41.6 Å². The average molecular weight is 345 g/mol. The highest BCUT2D eigenvalue weighted by atomic mass is 16.6. The number of amides is 2. The van der Waals surface area contributed by atoms with Crippen molar-refractivity contribution in [3.8, 4) is 0 Å². The first kappa shape index (κ1) is 17.7. The number of ether oxygens (including phenoxy) is 1. The summed E-state index contributed by atoms with van der Waals surface area (Å²) in [5, 5.41) is 3.43. The van der Waals surface area contributed by atoms with Gasteiger partial charge in [0.25, 0.3) is 5.91 Å². The van der Waals surface area contributed by atoms with E-state index in [9.17, 15) is 9.59 Å². The first-order valence-corrected chi connectivity index (χ1v) is 9.20. The number of rotatable bonds is 3. The topological polar surface area (TPSA) is 61.9 Å². The smallest absolute Gasteiger partial charge is 0.409 e. The molecular weight excluding hydrogens is 318 g/mol. The number of piperazine rings is 1. The first-order valence-electron chi connectivity index (χ1n) is 9.20. The number of carbonyl (C=O) groups is 2. The second-order valence-electron chi connectivity index (χ2n) is 6.64. The Hall–Kier alpha value is -2.08. The Balaban J connectivity index is 1.55. The molecule has 25 heavy (non-hydrogen) atoms. The number of hydrogen-bond donors (Lipinski definition) is 1. The molecule has 1 atom stereocenters. The number of hydrogen-bond acceptors (Lipinski definition) is 4. The van der Waals surface area contributed by atoms with Gasteiger partial charge in [0.1, 0.15) is 0 Å². The van der Waals surface area contributed by atoms with Crippen molar-refractivity contribution in [3.05, 3.63) is 35.4 Å². The van der Waals surface area contributed by atoms with Crippen LogP contribution in [0.2, 0.25) is 0 Å². The Kier molecular flexibility index (Phi) is 5.91. The van der Waals surface area contributed by atoms with Crippen molar-refractivity contribution < 1.29 is 14.3 Å². The maximum Gasteiger partial charge on any atom is 0.409 e. The molecule has 1 N–H and O–H groups in total. The molecule has 0 spiro atoms. The van der Waals surface area contributed by atoms with Gasteiger partial charge in [0, 0.05) is 38.3 Å². The molecule has 2 aliphatic heterocycles. The summed E-state index contributed by atoms with van der Waals surface area (Å²) < 4.78 is 5.01. The van der Waals surface area contributed by atoms with Crippen molar-refractivity contribution in [1.82, 2.24) is 15.1 Å². The Morgan fingerprint density at radius 3 is 2.40 bits per heavy atom. The van der Waals surface area contributed by atoms with Crippen molar-refractivity contribution in [2.24, 2.45) is 0 Å². The number of piperidine rings is 1. The van der Waals surface area contributed by atoms with Crippen LogP contribution in [0, 0.1) is 0 Å². The molecule has 1 unspecified atom stereocenters. The quantitative estimate of drug-likeness (QED) is 0.911. The van der Waals surface area contributed by atoms with Crippen LogP contribution in [0.15, 0.2) is 24.3 Å². The van der Waals surface area contributed by atoms with E-state index in [-0.39, 0.29) is 12.0 Å². The van der Waals surface area contributed by atoms with Crippen LogP contribution in [0.25, 0.3) is 0 Å². The van der Waals surface area contributed by atoms with E-state index in [1.807, 2.05) is 17.0 Å². The van der Waals surface area contributed by atoms with Gasteiger partial charge in [-0.15, -0.1) is 0 Å². The van der Waals surface area contributed by atoms with Crippen LogP contribution in [0.5, 0.6) is 0 Å². The van der Waals surface area contributed by atoms with Crippen LogP contribution in [0.3, 0.4) is 0 Å². The van der Waals surface area contributed by atoms with Gasteiger partial charge in [-0.3, -0.25) is 4.79 Å². The normalized spacial score (nSPS) is 21.1. The van der Waals surface area contributed by atoms with E-state index in [1.54, 1.807) is 11.8 Å². The predicted octanol–water partition coefficient (Wildman–Crippen LogP) is 2.07. The number of nitrogens with one attached hydrogen (secondary N) is 1. The molecule has 136 valence electrons. The molecule has 1 aromatic rings. The zero-order valence-corrected chi connectivity index (χ0v) is 14.9. The summed E-state index contributed by atoms with van der Waals surface area (Å²) >= 11 is 0. The molecule has 2 amide bonds. The molecule has 3 rings (SSSR count). The van der Waals surface area contributed by atoms with Gasteiger partial charge in [0.05, 0.1) is 6.61 Å². The highest BCUT2D eigenvalue weighted by Crippen LogP contribution is 2.23. The van der Waals surface area contributed by atoms with Gasteiger partial charge in [0.15, 0.2) is 0 Å². The van der Waals surface area contributed by atoms with Gasteiger partial charge in [-0.25, -0.2) is 4.79 Å². The van der Waals surface area contributed by atoms with E-state index in [4.69, 9.17) is 4.74 Å². The zero-order valence-electron chi connectivity index (χ0n) is 14.9. The number of nitrogens with zero attached hydrogens (tertiary/aromatic N) is 2. The molecule has 0 aromatic heterocycles. The van der Waals surface area contributed by atoms with Gasteiger partial charge >= 0.3 is 6.09 Å². The van der Waals surface area contributed by atoms with E-state index in [0.717, 1.165) is 18.7 Å². The fourth-order valence-corrected chi connectivity index (χ4v) is 3.52. The third-order valence-electron chi connectivity index (χ3n) is 5.02. The average Bonchev–Trinajstić information content (AvgIpc) is 2.68. The van der Waals surface area contributed by atoms with Crippen molar-refractivity contribution in [1.29, 1.82) is 0 Å². The summed E-state index contributed by atoms with van der Waals surface area (Å²) in [4.78, 5) is 27.9. The fourth-order valence-electron chi connectivity index (χ4n) is 3.52. The van der Waals surface area contributed by atoms with Gasteiger partial charge < -0.3 is 19.9 Å². The van der Waals surface area contributed by atoms with Crippen molar-refractivity contribution in [2.45, 2.75) is 25.7 Å². The summed E-state index contributed by atoms with van der Waals surface area (Å²) in [6, 6.07) is 8.04. The Labute approximate surface area is 149 Å². The number of carbonyl (C=O) groups excluding carboxylic acids is 2. The van der Waals surface area contributed by atoms with E-state index >= 15 is 0 Å². The lowest BCUT2D eigenvalue weighted by molar-refractivity contribution is 0.0570. The van der Waals surface area contributed by atoms with Crippen molar-refractivity contribution in [2.75, 3.05) is 45.9 Å². The van der Waals surface area contributed by atoms with Crippen LogP contribution >= 0.6 is 0 Å². The van der Waals surface area contributed by atoms with E-state index < -0.39 is 0 Å². The Morgan fingerprint density at radius 1 is 1.12 bits per heavy atom. The Bertz CT molecular complexity index is 588. The minimum atomic E-state index is -0.292. The minimum absolute atomic E-state index is 0.0387. The SMILES string of the molecule is CCOC(=O)N1CCN(C(=O)c2ccc(C3CCCNC3)cc2)CC1. The fraction of sp³-hybridized carbons (Fsp3) is 0.579. The maximum absolute atomic E-state index is 12.7. The van der Waals surface area contributed by atoms with Crippen LogP contribution in [-0.4, -0.2) is 67.7 Å². The third kappa shape index (κ3) is 4.31. The lowest BCUT2D eigenvalue weighted by Gasteiger charge is -2.34. The van der Waals surface area contributed by atoms with Gasteiger partial charge in [0.2, 0.25) is 0 Å². The van der Waals surface area contributed by atoms with Gasteiger partial charge in [-0.1, -0.05) is 12.1 Å². The summed E-state index contributed by atoms with van der Waals surface area (Å²) in [6.07, 6.45) is 2.12. The molecule has 2 aliphatic rings. The molecule has 1 aromatic carbocycles. The molecule has 0 radical (unpaired) electrons. The predicted molar refractivity (Wildman–Crippen MR) is 95.8 cm³/mol. The van der Waals surface area contributed by atoms with Crippen molar-refractivity contribution in [3.63, 3.8) is 0 Å². The van der Waals surface area contributed by atoms with Crippen molar-refractivity contribution >= 4 is 12.0 Å². The Morgan fingerprint density at radius 2 is 1.80 bits per heavy atom. The molecule has 0 saturated carbocycles. The number of benzene rings is 1. The monoisotopic (exact) mass is 345 g/mol. The molecule has 2 fully saturated rings. The zero-order chi connectivity index (χ0) is 17.6. The lowest BCUT2D eigenvalue weighted by Crippen LogP contribution is -2.50. The molecule has 6 nitrogen and oxygen atoms in total. The summed E-state index contributed by atoms with van der Waals surface area (Å²) in [5.74, 6) is 0.586. The van der Waals surface area contributed by atoms with Gasteiger partial charge in [-0.05, 0) is 49.9 Å². The molecular formula is C19H27N3O3. The molecule has 6 heteroatoms. The maximum atomic E-state index is 12.7. The third-order valence-corrected chi connectivity index (χ3v) is 5.02. The van der Waals surface area contributed by atoms with E-state index in [0.29, 0.717) is 38.7 Å². The molecule has 2 saturated heterocycles. The summed E-state index contributed by atoms with van der Waals surface area (Å²) in [7, 11) is 0. The standard InChI is InChI=1S/C19H27N3O3/c1-2-25-19(24)22-12-10-21(11-13-22)18(23)16-7-5-15(6-8-16)17-4-3-9-20-14-17/h5-8,17,20H,2-4,9-14H2,1H3. The van der Waals surface area contributed by atoms with Crippen LogP contribution in [0.4, 0.5) is 4.79 Å². The lowest BCUT2D eigenvalue weighted by atomic mass is 9.91. The summed E-state index contributed by atoms with van der Waals surface area (Å²) in [5.41, 5.74) is 2.02. The summed E-state index contributed by atoms with van der Waals surface area (Å²) in [6.45, 7) is 6.43. The highest BCUT2D eigenvalue weighted by Gasteiger charge is 2.25. The molecule has 0 bridgehead atoms. The van der Waals surface area contributed by atoms with E-state index in [2.05, 4.69) is 17.4 Å². The van der Waals surface area contributed by atoms with Crippen LogP contribution in [-0.2, 0) is 4.74 Å². The van der Waals surface area contributed by atoms with E-state index in [1.165, 1.54) is 18.4 Å². The second-order valence-corrected chi connectivity index (χ2v) is 6.64. The second kappa shape index (κ2) is 8.34. The van der Waals surface area contributed by atoms with Gasteiger partial charge in [-0.2, -0.15) is 0 Å². The molecule has 2 heterocycles. The first-order chi connectivity index (χ1) is 12.2. The molecule has 0 aliphatic carbocycles. The van der Waals surface area contributed by atoms with Crippen LogP contribution < -0.4 is 5.32 Å². The largest absolute Gasteiger partial charge is 0.450 e. The highest BCUT2D eigenvalue weighted by molar-refractivity contribution is 5.94. The minimum Gasteiger partial charge on any atom is -0.450 e.